The minimum absolute atomic E-state index is 0.0513. The number of amides is 1. The molecule has 0 atom stereocenters. The fourth-order valence-electron chi connectivity index (χ4n) is 3.80. The molecule has 0 unspecified atom stereocenters. The van der Waals surface area contributed by atoms with E-state index in [1.54, 1.807) is 12.1 Å². The van der Waals surface area contributed by atoms with Crippen LogP contribution in [0, 0.1) is 0 Å². The van der Waals surface area contributed by atoms with Gasteiger partial charge in [0.2, 0.25) is 5.88 Å². The third kappa shape index (κ3) is 4.72. The van der Waals surface area contributed by atoms with Crippen LogP contribution in [-0.4, -0.2) is 69.8 Å². The number of hydrogen-bond donors (Lipinski definition) is 1. The first-order valence-corrected chi connectivity index (χ1v) is 10.3. The lowest BCUT2D eigenvalue weighted by atomic mass is 10.0. The fraction of sp³-hybridized carbons (Fsp3) is 0.550. The van der Waals surface area contributed by atoms with Gasteiger partial charge < -0.3 is 19.9 Å². The highest BCUT2D eigenvalue weighted by molar-refractivity contribution is 5.92. The lowest BCUT2D eigenvalue weighted by Crippen LogP contribution is -2.42. The molecule has 29 heavy (non-hydrogen) atoms. The van der Waals surface area contributed by atoms with Crippen LogP contribution in [0.4, 0.5) is 11.6 Å². The number of anilines is 2. The summed E-state index contributed by atoms with van der Waals surface area (Å²) < 4.78 is 5.41. The minimum Gasteiger partial charge on any atom is -0.478 e. The number of aromatic nitrogens is 4. The summed E-state index contributed by atoms with van der Waals surface area (Å²) in [6.07, 6.45) is 5.56. The molecule has 0 spiro atoms. The third-order valence-corrected chi connectivity index (χ3v) is 5.37. The molecule has 4 heterocycles. The summed E-state index contributed by atoms with van der Waals surface area (Å²) in [5.74, 6) is 2.12. The van der Waals surface area contributed by atoms with Gasteiger partial charge in [-0.25, -0.2) is 9.97 Å². The monoisotopic (exact) mass is 397 g/mol. The topological polar surface area (TPSA) is 96.4 Å². The Morgan fingerprint density at radius 3 is 2.62 bits per heavy atom. The molecular formula is C20H27N7O2. The quantitative estimate of drug-likeness (QED) is 0.790. The highest BCUT2D eigenvalue weighted by atomic mass is 16.5. The lowest BCUT2D eigenvalue weighted by Gasteiger charge is -2.32. The molecule has 2 saturated heterocycles. The summed E-state index contributed by atoms with van der Waals surface area (Å²) in [5, 5.41) is 11.9. The number of rotatable bonds is 6. The van der Waals surface area contributed by atoms with Crippen molar-refractivity contribution < 1.29 is 9.53 Å². The summed E-state index contributed by atoms with van der Waals surface area (Å²) >= 11 is 0. The molecule has 1 amide bonds. The molecule has 0 saturated carbocycles. The molecule has 2 fully saturated rings. The molecule has 4 rings (SSSR count). The van der Waals surface area contributed by atoms with Gasteiger partial charge in [-0.2, -0.15) is 0 Å². The second-order valence-corrected chi connectivity index (χ2v) is 7.36. The van der Waals surface area contributed by atoms with Gasteiger partial charge in [0.1, 0.15) is 12.1 Å². The maximum Gasteiger partial charge on any atom is 0.274 e. The predicted molar refractivity (Wildman–Crippen MR) is 109 cm³/mol. The third-order valence-electron chi connectivity index (χ3n) is 5.37. The minimum atomic E-state index is -0.0513. The average molecular weight is 397 g/mol. The van der Waals surface area contributed by atoms with Gasteiger partial charge >= 0.3 is 0 Å². The maximum absolute atomic E-state index is 12.8. The Balaban J connectivity index is 1.29. The molecule has 2 aromatic rings. The number of piperidine rings is 1. The van der Waals surface area contributed by atoms with Gasteiger partial charge in [-0.15, -0.1) is 10.2 Å². The van der Waals surface area contributed by atoms with Crippen molar-refractivity contribution in [3.05, 3.63) is 30.2 Å². The van der Waals surface area contributed by atoms with E-state index < -0.39 is 0 Å². The van der Waals surface area contributed by atoms with Crippen LogP contribution >= 0.6 is 0 Å². The second kappa shape index (κ2) is 9.02. The first-order valence-electron chi connectivity index (χ1n) is 10.3. The van der Waals surface area contributed by atoms with Crippen molar-refractivity contribution in [2.45, 2.75) is 38.6 Å². The van der Waals surface area contributed by atoms with E-state index in [9.17, 15) is 4.79 Å². The summed E-state index contributed by atoms with van der Waals surface area (Å²) in [7, 11) is 0. The zero-order valence-corrected chi connectivity index (χ0v) is 16.8. The Bertz CT molecular complexity index is 816. The van der Waals surface area contributed by atoms with E-state index in [1.807, 2.05) is 17.9 Å². The van der Waals surface area contributed by atoms with Crippen LogP contribution in [0.5, 0.6) is 5.88 Å². The molecule has 0 aromatic carbocycles. The maximum atomic E-state index is 12.8. The summed E-state index contributed by atoms with van der Waals surface area (Å²) in [6, 6.07) is 5.76. The van der Waals surface area contributed by atoms with Crippen LogP contribution in [-0.2, 0) is 0 Å². The van der Waals surface area contributed by atoms with E-state index in [0.29, 0.717) is 31.3 Å². The van der Waals surface area contributed by atoms with Gasteiger partial charge in [0.25, 0.3) is 5.91 Å². The Kier molecular flexibility index (Phi) is 6.02. The summed E-state index contributed by atoms with van der Waals surface area (Å²) in [6.45, 7) is 5.87. The average Bonchev–Trinajstić information content (AvgIpc) is 3.29. The van der Waals surface area contributed by atoms with Crippen LogP contribution in [0.3, 0.4) is 0 Å². The number of carbonyl (C=O) groups is 1. The van der Waals surface area contributed by atoms with Crippen molar-refractivity contribution in [3.63, 3.8) is 0 Å². The SMILES string of the molecule is CCOc1cc(NC2CCN(C(=O)c3ccc(N4CCCC4)nn3)CC2)ncn1. The predicted octanol–water partition coefficient (Wildman–Crippen LogP) is 1.98. The van der Waals surface area contributed by atoms with Gasteiger partial charge in [-0.3, -0.25) is 4.79 Å². The van der Waals surface area contributed by atoms with Gasteiger partial charge in [-0.05, 0) is 44.7 Å². The van der Waals surface area contributed by atoms with Crippen molar-refractivity contribution in [1.82, 2.24) is 25.1 Å². The van der Waals surface area contributed by atoms with Crippen molar-refractivity contribution in [2.24, 2.45) is 0 Å². The number of nitrogens with one attached hydrogen (secondary N) is 1. The smallest absolute Gasteiger partial charge is 0.274 e. The Labute approximate surface area is 170 Å². The standard InChI is InChI=1S/C20H27N7O2/c1-2-29-19-13-17(21-14-22-19)23-15-7-11-27(12-8-15)20(28)16-5-6-18(25-24-16)26-9-3-4-10-26/h5-6,13-15H,2-4,7-12H2,1H3,(H,21,22,23). The molecule has 0 bridgehead atoms. The number of nitrogens with zero attached hydrogens (tertiary/aromatic N) is 6. The van der Waals surface area contributed by atoms with E-state index in [2.05, 4.69) is 30.4 Å². The molecule has 9 nitrogen and oxygen atoms in total. The normalized spacial score (nSPS) is 17.4. The van der Waals surface area contributed by atoms with Crippen LogP contribution in [0.25, 0.3) is 0 Å². The largest absolute Gasteiger partial charge is 0.478 e. The number of ether oxygens (including phenoxy) is 1. The summed E-state index contributed by atoms with van der Waals surface area (Å²) in [4.78, 5) is 25.2. The van der Waals surface area contributed by atoms with Gasteiger partial charge in [0, 0.05) is 38.3 Å². The van der Waals surface area contributed by atoms with Crippen molar-refractivity contribution >= 4 is 17.5 Å². The molecule has 1 N–H and O–H groups in total. The van der Waals surface area contributed by atoms with Crippen molar-refractivity contribution in [3.8, 4) is 5.88 Å². The van der Waals surface area contributed by atoms with Crippen molar-refractivity contribution in [1.29, 1.82) is 0 Å². The van der Waals surface area contributed by atoms with E-state index in [0.717, 1.165) is 37.6 Å². The molecule has 2 aliphatic rings. The van der Waals surface area contributed by atoms with E-state index in [-0.39, 0.29) is 11.9 Å². The van der Waals surface area contributed by atoms with E-state index in [1.165, 1.54) is 19.2 Å². The molecular weight excluding hydrogens is 370 g/mol. The van der Waals surface area contributed by atoms with E-state index >= 15 is 0 Å². The molecule has 2 aromatic heterocycles. The van der Waals surface area contributed by atoms with Crippen LogP contribution in [0.1, 0.15) is 43.1 Å². The lowest BCUT2D eigenvalue weighted by molar-refractivity contribution is 0.0711. The van der Waals surface area contributed by atoms with Crippen LogP contribution < -0.4 is 15.0 Å². The highest BCUT2D eigenvalue weighted by Crippen LogP contribution is 2.20. The van der Waals surface area contributed by atoms with Gasteiger partial charge in [0.05, 0.1) is 6.61 Å². The van der Waals surface area contributed by atoms with E-state index in [4.69, 9.17) is 4.74 Å². The second-order valence-electron chi connectivity index (χ2n) is 7.36. The molecule has 154 valence electrons. The van der Waals surface area contributed by atoms with Crippen LogP contribution in [0.15, 0.2) is 24.5 Å². The Morgan fingerprint density at radius 1 is 1.14 bits per heavy atom. The van der Waals surface area contributed by atoms with Gasteiger partial charge in [0.15, 0.2) is 11.5 Å². The Hall–Kier alpha value is -2.97. The zero-order valence-electron chi connectivity index (χ0n) is 16.8. The number of likely N-dealkylation sites (tertiary alicyclic amines) is 1. The summed E-state index contributed by atoms with van der Waals surface area (Å²) in [5.41, 5.74) is 0.413. The fourth-order valence-corrected chi connectivity index (χ4v) is 3.80. The zero-order chi connectivity index (χ0) is 20.1. The molecule has 0 radical (unpaired) electrons. The molecule has 0 aliphatic carbocycles. The highest BCUT2D eigenvalue weighted by Gasteiger charge is 2.25. The number of hydrogen-bond acceptors (Lipinski definition) is 8. The first kappa shape index (κ1) is 19.4. The number of carbonyl (C=O) groups excluding carboxylic acids is 1. The first-order chi connectivity index (χ1) is 14.2. The molecule has 9 heteroatoms. The van der Waals surface area contributed by atoms with Gasteiger partial charge in [-0.1, -0.05) is 0 Å². The van der Waals surface area contributed by atoms with Crippen molar-refractivity contribution in [2.75, 3.05) is 43.0 Å². The van der Waals surface area contributed by atoms with Crippen LogP contribution in [0.2, 0.25) is 0 Å². The molecule has 2 aliphatic heterocycles. The Morgan fingerprint density at radius 2 is 1.93 bits per heavy atom.